The monoisotopic (exact) mass is 725 g/mol. The maximum Gasteiger partial charge on any atom is 0.0546 e. The minimum atomic E-state index is 1.09. The lowest BCUT2D eigenvalue weighted by Crippen LogP contribution is -2.12. The Morgan fingerprint density at radius 1 is 0.228 bits per heavy atom. The molecule has 0 saturated heterocycles. The smallest absolute Gasteiger partial charge is 0.0546 e. The highest BCUT2D eigenvalue weighted by atomic mass is 15.1. The summed E-state index contributed by atoms with van der Waals surface area (Å²) in [5, 5.41) is 5.00. The number of fused-ring (bicyclic) bond motifs is 3. The zero-order chi connectivity index (χ0) is 38.0. The molecule has 1 heteroatoms. The van der Waals surface area contributed by atoms with Crippen LogP contribution in [0.4, 0.5) is 17.1 Å². The fraction of sp³-hybridized carbons (Fsp3) is 0. The third-order valence-corrected chi connectivity index (χ3v) is 11.1. The third-order valence-electron chi connectivity index (χ3n) is 11.1. The first-order valence-corrected chi connectivity index (χ1v) is 19.6. The summed E-state index contributed by atoms with van der Waals surface area (Å²) in [5.74, 6) is 0. The molecule has 268 valence electrons. The van der Waals surface area contributed by atoms with Crippen LogP contribution >= 0.6 is 0 Å². The Bertz CT molecular complexity index is 2870. The first-order valence-electron chi connectivity index (χ1n) is 19.6. The SMILES string of the molecule is c1ccc(-c2ccc(N(c3ccc(-c4ccccc4)cc3)c3cc(-c4ccccc4)c(-c4cc5ccccc5c5ccccc45)cc3-c3ccccc3)cc2)cc1. The van der Waals surface area contributed by atoms with Crippen LogP contribution in [-0.2, 0) is 0 Å². The van der Waals surface area contributed by atoms with Crippen LogP contribution in [0.15, 0.2) is 237 Å². The fourth-order valence-corrected chi connectivity index (χ4v) is 8.27. The van der Waals surface area contributed by atoms with Gasteiger partial charge in [0.2, 0.25) is 0 Å². The molecule has 0 aliphatic rings. The van der Waals surface area contributed by atoms with E-state index in [1.54, 1.807) is 0 Å². The second-order valence-corrected chi connectivity index (χ2v) is 14.5. The molecule has 0 N–H and O–H groups in total. The second kappa shape index (κ2) is 15.0. The minimum Gasteiger partial charge on any atom is -0.310 e. The molecule has 0 aliphatic carbocycles. The molecule has 0 amide bonds. The van der Waals surface area contributed by atoms with E-state index in [0.717, 1.165) is 28.2 Å². The molecule has 10 aromatic carbocycles. The Balaban J connectivity index is 1.26. The van der Waals surface area contributed by atoms with E-state index in [9.17, 15) is 0 Å². The van der Waals surface area contributed by atoms with Crippen molar-refractivity contribution in [2.24, 2.45) is 0 Å². The Labute approximate surface area is 334 Å². The van der Waals surface area contributed by atoms with E-state index < -0.39 is 0 Å². The molecule has 0 heterocycles. The van der Waals surface area contributed by atoms with Crippen LogP contribution in [0.25, 0.3) is 77.2 Å². The second-order valence-electron chi connectivity index (χ2n) is 14.5. The van der Waals surface area contributed by atoms with Crippen LogP contribution in [0, 0.1) is 0 Å². The maximum absolute atomic E-state index is 2.44. The van der Waals surface area contributed by atoms with E-state index in [1.165, 1.54) is 66.1 Å². The molecule has 57 heavy (non-hydrogen) atoms. The standard InChI is InChI=1S/C56H39N/c1-5-17-40(18-6-1)42-29-33-47(34-30-42)57(48-35-31-43(32-36-48)41-19-7-2-8-20-41)56-39-52(44-21-9-3-10-22-44)55(38-53(56)45-23-11-4-12-24-45)54-37-46-25-13-14-26-49(46)50-27-15-16-28-51(50)54/h1-39H. The van der Waals surface area contributed by atoms with Gasteiger partial charge in [0.25, 0.3) is 0 Å². The minimum absolute atomic E-state index is 1.09. The average molecular weight is 726 g/mol. The summed E-state index contributed by atoms with van der Waals surface area (Å²) in [7, 11) is 0. The maximum atomic E-state index is 2.44. The summed E-state index contributed by atoms with van der Waals surface area (Å²) >= 11 is 0. The molecule has 0 atom stereocenters. The van der Waals surface area contributed by atoms with Gasteiger partial charge in [-0.2, -0.15) is 0 Å². The summed E-state index contributed by atoms with van der Waals surface area (Å²) in [6.45, 7) is 0. The first-order chi connectivity index (χ1) is 28.3. The van der Waals surface area contributed by atoms with E-state index in [0.29, 0.717) is 0 Å². The largest absolute Gasteiger partial charge is 0.310 e. The van der Waals surface area contributed by atoms with Crippen LogP contribution in [0.5, 0.6) is 0 Å². The average Bonchev–Trinajstić information content (AvgIpc) is 3.30. The van der Waals surface area contributed by atoms with Crippen molar-refractivity contribution in [3.8, 4) is 55.6 Å². The number of hydrogen-bond donors (Lipinski definition) is 0. The van der Waals surface area contributed by atoms with Crippen molar-refractivity contribution in [2.75, 3.05) is 4.90 Å². The lowest BCUT2D eigenvalue weighted by atomic mass is 9.86. The van der Waals surface area contributed by atoms with Gasteiger partial charge in [0.05, 0.1) is 5.69 Å². The van der Waals surface area contributed by atoms with Gasteiger partial charge < -0.3 is 4.90 Å². The zero-order valence-electron chi connectivity index (χ0n) is 31.5. The Hall–Kier alpha value is -7.48. The van der Waals surface area contributed by atoms with Gasteiger partial charge in [-0.05, 0) is 114 Å². The first kappa shape index (κ1) is 34.0. The van der Waals surface area contributed by atoms with E-state index in [4.69, 9.17) is 0 Å². The van der Waals surface area contributed by atoms with Crippen molar-refractivity contribution < 1.29 is 0 Å². The summed E-state index contributed by atoms with van der Waals surface area (Å²) < 4.78 is 0. The lowest BCUT2D eigenvalue weighted by molar-refractivity contribution is 1.28. The molecular weight excluding hydrogens is 687 g/mol. The number of hydrogen-bond acceptors (Lipinski definition) is 1. The van der Waals surface area contributed by atoms with Crippen LogP contribution < -0.4 is 4.90 Å². The summed E-state index contributed by atoms with van der Waals surface area (Å²) in [5.41, 5.74) is 15.1. The number of anilines is 3. The molecule has 0 unspecified atom stereocenters. The van der Waals surface area contributed by atoms with Gasteiger partial charge in [0.15, 0.2) is 0 Å². The summed E-state index contributed by atoms with van der Waals surface area (Å²) in [6.07, 6.45) is 0. The van der Waals surface area contributed by atoms with Crippen LogP contribution in [0.1, 0.15) is 0 Å². The quantitative estimate of drug-likeness (QED) is 0.141. The topological polar surface area (TPSA) is 3.24 Å². The third kappa shape index (κ3) is 6.56. The van der Waals surface area contributed by atoms with Crippen LogP contribution in [-0.4, -0.2) is 0 Å². The van der Waals surface area contributed by atoms with E-state index >= 15 is 0 Å². The molecule has 1 nitrogen and oxygen atoms in total. The Kier molecular flexibility index (Phi) is 8.95. The predicted octanol–water partition coefficient (Wildman–Crippen LogP) is 15.8. The zero-order valence-corrected chi connectivity index (χ0v) is 31.5. The molecular formula is C56H39N. The molecule has 0 radical (unpaired) electrons. The molecule has 0 aromatic heterocycles. The van der Waals surface area contributed by atoms with Gasteiger partial charge in [0.1, 0.15) is 0 Å². The van der Waals surface area contributed by atoms with Crippen molar-refractivity contribution in [1.29, 1.82) is 0 Å². The van der Waals surface area contributed by atoms with Gasteiger partial charge in [-0.15, -0.1) is 0 Å². The van der Waals surface area contributed by atoms with Gasteiger partial charge >= 0.3 is 0 Å². The fourth-order valence-electron chi connectivity index (χ4n) is 8.27. The Morgan fingerprint density at radius 3 is 1.16 bits per heavy atom. The lowest BCUT2D eigenvalue weighted by Gasteiger charge is -2.30. The van der Waals surface area contributed by atoms with Gasteiger partial charge in [-0.25, -0.2) is 0 Å². The van der Waals surface area contributed by atoms with Crippen molar-refractivity contribution in [1.82, 2.24) is 0 Å². The predicted molar refractivity (Wildman–Crippen MR) is 243 cm³/mol. The Morgan fingerprint density at radius 2 is 0.632 bits per heavy atom. The van der Waals surface area contributed by atoms with E-state index in [-0.39, 0.29) is 0 Å². The highest BCUT2D eigenvalue weighted by molar-refractivity contribution is 6.15. The summed E-state index contributed by atoms with van der Waals surface area (Å²) in [6, 6.07) is 85.8. The number of rotatable bonds is 8. The molecule has 0 fully saturated rings. The van der Waals surface area contributed by atoms with Crippen LogP contribution in [0.3, 0.4) is 0 Å². The molecule has 0 bridgehead atoms. The molecule has 0 aliphatic heterocycles. The van der Waals surface area contributed by atoms with Gasteiger partial charge in [-0.3, -0.25) is 0 Å². The van der Waals surface area contributed by atoms with Gasteiger partial charge in [-0.1, -0.05) is 194 Å². The molecule has 0 spiro atoms. The molecule has 10 rings (SSSR count). The van der Waals surface area contributed by atoms with Crippen molar-refractivity contribution in [2.45, 2.75) is 0 Å². The number of benzene rings is 10. The molecule has 10 aromatic rings. The van der Waals surface area contributed by atoms with E-state index in [1.807, 2.05) is 0 Å². The molecule has 0 saturated carbocycles. The highest BCUT2D eigenvalue weighted by Gasteiger charge is 2.23. The van der Waals surface area contributed by atoms with Crippen molar-refractivity contribution in [3.05, 3.63) is 237 Å². The van der Waals surface area contributed by atoms with Crippen molar-refractivity contribution in [3.63, 3.8) is 0 Å². The van der Waals surface area contributed by atoms with E-state index in [2.05, 4.69) is 241 Å². The summed E-state index contributed by atoms with van der Waals surface area (Å²) in [4.78, 5) is 2.43. The van der Waals surface area contributed by atoms with Gasteiger partial charge in [0, 0.05) is 16.9 Å². The normalized spacial score (nSPS) is 11.2. The number of nitrogens with zero attached hydrogens (tertiary/aromatic N) is 1. The highest BCUT2D eigenvalue weighted by Crippen LogP contribution is 2.48. The van der Waals surface area contributed by atoms with Crippen LogP contribution in [0.2, 0.25) is 0 Å². The van der Waals surface area contributed by atoms with Crippen molar-refractivity contribution >= 4 is 38.6 Å².